The molecule has 0 spiro atoms. The molecule has 0 aliphatic rings. The van der Waals surface area contributed by atoms with Gasteiger partial charge < -0.3 is 10.1 Å². The highest BCUT2D eigenvalue weighted by Gasteiger charge is 2.07. The Bertz CT molecular complexity index is 377. The molecule has 4 heteroatoms. The van der Waals surface area contributed by atoms with E-state index in [1.54, 1.807) is 24.3 Å². The lowest BCUT2D eigenvalue weighted by molar-refractivity contribution is 0.0958. The maximum absolute atomic E-state index is 11.5. The summed E-state index contributed by atoms with van der Waals surface area (Å²) in [5, 5.41) is 3.08. The molecule has 0 saturated carbocycles. The zero-order valence-corrected chi connectivity index (χ0v) is 9.17. The van der Waals surface area contributed by atoms with Gasteiger partial charge in [0.15, 0.2) is 0 Å². The third-order valence-electron chi connectivity index (χ3n) is 1.82. The first-order valence-electron chi connectivity index (χ1n) is 4.41. The number of hydrogen-bond acceptors (Lipinski definition) is 2. The van der Waals surface area contributed by atoms with E-state index in [1.165, 1.54) is 7.11 Å². The quantitative estimate of drug-likeness (QED) is 0.799. The van der Waals surface area contributed by atoms with Gasteiger partial charge >= 0.3 is 0 Å². The second-order valence-corrected chi connectivity index (χ2v) is 3.26. The van der Waals surface area contributed by atoms with Gasteiger partial charge in [-0.15, -0.1) is 6.58 Å². The van der Waals surface area contributed by atoms with Crippen LogP contribution < -0.4 is 10.1 Å². The highest BCUT2D eigenvalue weighted by molar-refractivity contribution is 6.32. The average Bonchev–Trinajstić information content (AvgIpc) is 2.25. The van der Waals surface area contributed by atoms with E-state index in [0.717, 1.165) is 0 Å². The molecule has 1 rings (SSSR count). The van der Waals surface area contributed by atoms with Crippen LogP contribution in [0.5, 0.6) is 5.75 Å². The molecule has 1 aromatic carbocycles. The summed E-state index contributed by atoms with van der Waals surface area (Å²) in [6.07, 6.45) is 1.61. The lowest BCUT2D eigenvalue weighted by Crippen LogP contribution is -2.23. The number of methoxy groups -OCH3 is 1. The molecule has 0 atom stereocenters. The lowest BCUT2D eigenvalue weighted by Gasteiger charge is -2.05. The van der Waals surface area contributed by atoms with Crippen molar-refractivity contribution < 1.29 is 9.53 Å². The molecule has 3 nitrogen and oxygen atoms in total. The van der Waals surface area contributed by atoms with Crippen LogP contribution in [0.3, 0.4) is 0 Å². The molecule has 0 aromatic heterocycles. The molecule has 15 heavy (non-hydrogen) atoms. The Morgan fingerprint density at radius 1 is 1.67 bits per heavy atom. The smallest absolute Gasteiger partial charge is 0.251 e. The summed E-state index contributed by atoms with van der Waals surface area (Å²) in [6.45, 7) is 3.94. The number of rotatable bonds is 4. The van der Waals surface area contributed by atoms with Crippen molar-refractivity contribution in [1.82, 2.24) is 5.32 Å². The molecule has 0 radical (unpaired) electrons. The van der Waals surface area contributed by atoms with Gasteiger partial charge in [0.2, 0.25) is 0 Å². The van der Waals surface area contributed by atoms with Crippen molar-refractivity contribution in [3.63, 3.8) is 0 Å². The molecule has 0 aliphatic carbocycles. The molecular formula is C11H12ClNO2. The van der Waals surface area contributed by atoms with Gasteiger partial charge in [-0.3, -0.25) is 4.79 Å². The Hall–Kier alpha value is -1.48. The second-order valence-electron chi connectivity index (χ2n) is 2.85. The Labute approximate surface area is 93.7 Å². The van der Waals surface area contributed by atoms with Crippen LogP contribution in [0.4, 0.5) is 0 Å². The van der Waals surface area contributed by atoms with Crippen molar-refractivity contribution in [2.24, 2.45) is 0 Å². The van der Waals surface area contributed by atoms with E-state index in [9.17, 15) is 4.79 Å². The topological polar surface area (TPSA) is 38.3 Å². The summed E-state index contributed by atoms with van der Waals surface area (Å²) >= 11 is 5.88. The SMILES string of the molecule is C=CCNC(=O)c1ccc(OC)c(Cl)c1. The molecule has 1 N–H and O–H groups in total. The monoisotopic (exact) mass is 225 g/mol. The summed E-state index contributed by atoms with van der Waals surface area (Å²) in [5.74, 6) is 0.372. The van der Waals surface area contributed by atoms with Crippen LogP contribution in [-0.4, -0.2) is 19.6 Å². The van der Waals surface area contributed by atoms with Crippen LogP contribution in [0.15, 0.2) is 30.9 Å². The van der Waals surface area contributed by atoms with Gasteiger partial charge in [-0.2, -0.15) is 0 Å². The summed E-state index contributed by atoms with van der Waals surface area (Å²) < 4.78 is 4.98. The molecular weight excluding hydrogens is 214 g/mol. The minimum atomic E-state index is -0.181. The third-order valence-corrected chi connectivity index (χ3v) is 2.12. The van der Waals surface area contributed by atoms with E-state index in [0.29, 0.717) is 22.9 Å². The Morgan fingerprint density at radius 2 is 2.40 bits per heavy atom. The van der Waals surface area contributed by atoms with Crippen LogP contribution in [0.1, 0.15) is 10.4 Å². The first-order valence-corrected chi connectivity index (χ1v) is 4.79. The Kier molecular flexibility index (Phi) is 4.18. The summed E-state index contributed by atoms with van der Waals surface area (Å²) in [5.41, 5.74) is 0.502. The van der Waals surface area contributed by atoms with E-state index in [4.69, 9.17) is 16.3 Å². The number of carbonyl (C=O) groups excluding carboxylic acids is 1. The molecule has 1 amide bonds. The largest absolute Gasteiger partial charge is 0.495 e. The first kappa shape index (κ1) is 11.6. The summed E-state index contributed by atoms with van der Waals surface area (Å²) in [6, 6.07) is 4.88. The standard InChI is InChI=1S/C11H12ClNO2/c1-3-6-13-11(14)8-4-5-10(15-2)9(12)7-8/h3-5,7H,1,6H2,2H3,(H,13,14). The van der Waals surface area contributed by atoms with Crippen LogP contribution in [-0.2, 0) is 0 Å². The number of amides is 1. The zero-order valence-electron chi connectivity index (χ0n) is 8.42. The lowest BCUT2D eigenvalue weighted by atomic mass is 10.2. The van der Waals surface area contributed by atoms with Crippen molar-refractivity contribution in [2.75, 3.05) is 13.7 Å². The number of hydrogen-bond donors (Lipinski definition) is 1. The van der Waals surface area contributed by atoms with Gasteiger partial charge in [0, 0.05) is 12.1 Å². The molecule has 0 aliphatic heterocycles. The van der Waals surface area contributed by atoms with Gasteiger partial charge in [0.25, 0.3) is 5.91 Å². The molecule has 0 unspecified atom stereocenters. The number of nitrogens with one attached hydrogen (secondary N) is 1. The van der Waals surface area contributed by atoms with E-state index in [-0.39, 0.29) is 5.91 Å². The van der Waals surface area contributed by atoms with Crippen LogP contribution in [0.25, 0.3) is 0 Å². The van der Waals surface area contributed by atoms with Crippen LogP contribution in [0.2, 0.25) is 5.02 Å². The zero-order chi connectivity index (χ0) is 11.3. The van der Waals surface area contributed by atoms with Gasteiger partial charge in [-0.05, 0) is 18.2 Å². The fourth-order valence-corrected chi connectivity index (χ4v) is 1.33. The molecule has 80 valence electrons. The third kappa shape index (κ3) is 2.99. The van der Waals surface area contributed by atoms with E-state index in [2.05, 4.69) is 11.9 Å². The van der Waals surface area contributed by atoms with Crippen molar-refractivity contribution in [3.05, 3.63) is 41.4 Å². The van der Waals surface area contributed by atoms with E-state index in [1.807, 2.05) is 0 Å². The fourth-order valence-electron chi connectivity index (χ4n) is 1.07. The number of benzene rings is 1. The first-order chi connectivity index (χ1) is 7.19. The highest BCUT2D eigenvalue weighted by atomic mass is 35.5. The molecule has 0 heterocycles. The Balaban J connectivity index is 2.82. The van der Waals surface area contributed by atoms with Crippen molar-refractivity contribution in [1.29, 1.82) is 0 Å². The van der Waals surface area contributed by atoms with Gasteiger partial charge in [-0.25, -0.2) is 0 Å². The van der Waals surface area contributed by atoms with E-state index < -0.39 is 0 Å². The molecule has 0 fully saturated rings. The predicted octanol–water partition coefficient (Wildman–Crippen LogP) is 2.26. The maximum atomic E-state index is 11.5. The second kappa shape index (κ2) is 5.41. The van der Waals surface area contributed by atoms with Crippen LogP contribution >= 0.6 is 11.6 Å². The van der Waals surface area contributed by atoms with Crippen molar-refractivity contribution >= 4 is 17.5 Å². The normalized spacial score (nSPS) is 9.47. The van der Waals surface area contributed by atoms with Gasteiger partial charge in [0.05, 0.1) is 12.1 Å². The Morgan fingerprint density at radius 3 is 2.93 bits per heavy atom. The van der Waals surface area contributed by atoms with Crippen LogP contribution in [0, 0.1) is 0 Å². The van der Waals surface area contributed by atoms with Gasteiger partial charge in [0.1, 0.15) is 5.75 Å². The van der Waals surface area contributed by atoms with Crippen molar-refractivity contribution in [3.8, 4) is 5.75 Å². The molecule has 0 bridgehead atoms. The maximum Gasteiger partial charge on any atom is 0.251 e. The van der Waals surface area contributed by atoms with Crippen molar-refractivity contribution in [2.45, 2.75) is 0 Å². The minimum absolute atomic E-state index is 0.181. The number of halogens is 1. The highest BCUT2D eigenvalue weighted by Crippen LogP contribution is 2.24. The average molecular weight is 226 g/mol. The predicted molar refractivity (Wildman–Crippen MR) is 60.5 cm³/mol. The fraction of sp³-hybridized carbons (Fsp3) is 0.182. The number of ether oxygens (including phenoxy) is 1. The minimum Gasteiger partial charge on any atom is -0.495 e. The summed E-state index contributed by atoms with van der Waals surface area (Å²) in [7, 11) is 1.53. The molecule has 0 saturated heterocycles. The molecule has 1 aromatic rings. The van der Waals surface area contributed by atoms with Gasteiger partial charge in [-0.1, -0.05) is 17.7 Å². The number of carbonyl (C=O) groups is 1. The van der Waals surface area contributed by atoms with E-state index >= 15 is 0 Å². The summed E-state index contributed by atoms with van der Waals surface area (Å²) in [4.78, 5) is 11.5.